The number of nitrogens with zero attached hydrogens (tertiary/aromatic N) is 2. The van der Waals surface area contributed by atoms with Crippen LogP contribution >= 0.6 is 0 Å². The molecule has 1 fully saturated rings. The van der Waals surface area contributed by atoms with Crippen LogP contribution in [0.25, 0.3) is 0 Å². The SMILES string of the molecule is CC(C)C(NC(=O)CN1CCCC(N(C)CC(=O)O)CC1)c1ccccc1. The van der Waals surface area contributed by atoms with Crippen molar-refractivity contribution in [3.63, 3.8) is 0 Å². The molecule has 1 saturated heterocycles. The maximum absolute atomic E-state index is 12.6. The Bertz CT molecular complexity index is 606. The van der Waals surface area contributed by atoms with E-state index >= 15 is 0 Å². The molecule has 0 aromatic heterocycles. The number of amides is 1. The van der Waals surface area contributed by atoms with E-state index in [0.717, 1.165) is 37.9 Å². The van der Waals surface area contributed by atoms with E-state index in [1.54, 1.807) is 0 Å². The van der Waals surface area contributed by atoms with Gasteiger partial charge in [-0.25, -0.2) is 0 Å². The molecule has 2 rings (SSSR count). The Balaban J connectivity index is 1.87. The minimum Gasteiger partial charge on any atom is -0.480 e. The number of rotatable bonds is 8. The minimum atomic E-state index is -0.793. The number of hydrogen-bond acceptors (Lipinski definition) is 4. The van der Waals surface area contributed by atoms with Crippen molar-refractivity contribution in [1.82, 2.24) is 15.1 Å². The Morgan fingerprint density at radius 1 is 1.22 bits per heavy atom. The van der Waals surface area contributed by atoms with Gasteiger partial charge >= 0.3 is 5.97 Å². The molecular weight excluding hydrogens is 342 g/mol. The molecule has 2 atom stereocenters. The summed E-state index contributed by atoms with van der Waals surface area (Å²) in [6, 6.07) is 10.4. The summed E-state index contributed by atoms with van der Waals surface area (Å²) >= 11 is 0. The van der Waals surface area contributed by atoms with Gasteiger partial charge in [0.2, 0.25) is 5.91 Å². The van der Waals surface area contributed by atoms with Crippen LogP contribution in [0, 0.1) is 5.92 Å². The smallest absolute Gasteiger partial charge is 0.317 e. The van der Waals surface area contributed by atoms with Crippen molar-refractivity contribution in [2.45, 2.75) is 45.2 Å². The topological polar surface area (TPSA) is 72.9 Å². The zero-order valence-corrected chi connectivity index (χ0v) is 16.7. The summed E-state index contributed by atoms with van der Waals surface area (Å²) in [4.78, 5) is 27.6. The van der Waals surface area contributed by atoms with Gasteiger partial charge in [0.05, 0.1) is 19.1 Å². The molecule has 0 aliphatic carbocycles. The van der Waals surface area contributed by atoms with Crippen molar-refractivity contribution in [2.24, 2.45) is 5.92 Å². The second-order valence-corrected chi connectivity index (χ2v) is 7.87. The highest BCUT2D eigenvalue weighted by molar-refractivity contribution is 5.78. The molecule has 0 spiro atoms. The molecule has 1 aliphatic rings. The standard InChI is InChI=1S/C21H33N3O3/c1-16(2)21(17-8-5-4-6-9-17)22-19(25)14-24-12-7-10-18(11-13-24)23(3)15-20(26)27/h4-6,8-9,16,18,21H,7,10-15H2,1-3H3,(H,22,25)(H,26,27). The molecule has 6 nitrogen and oxygen atoms in total. The lowest BCUT2D eigenvalue weighted by atomic mass is 9.96. The van der Waals surface area contributed by atoms with Crippen LogP contribution in [0.5, 0.6) is 0 Å². The molecule has 1 aliphatic heterocycles. The largest absolute Gasteiger partial charge is 0.480 e. The van der Waals surface area contributed by atoms with Crippen molar-refractivity contribution in [1.29, 1.82) is 0 Å². The molecule has 150 valence electrons. The Kier molecular flexibility index (Phi) is 8.25. The van der Waals surface area contributed by atoms with Gasteiger partial charge in [-0.2, -0.15) is 0 Å². The minimum absolute atomic E-state index is 0.0140. The Hall–Kier alpha value is -1.92. The highest BCUT2D eigenvalue weighted by Gasteiger charge is 2.24. The second-order valence-electron chi connectivity index (χ2n) is 7.87. The summed E-state index contributed by atoms with van der Waals surface area (Å²) in [7, 11) is 1.87. The Morgan fingerprint density at radius 2 is 1.93 bits per heavy atom. The number of carbonyl (C=O) groups excluding carboxylic acids is 1. The zero-order chi connectivity index (χ0) is 19.8. The number of carboxylic acids is 1. The van der Waals surface area contributed by atoms with E-state index in [4.69, 9.17) is 5.11 Å². The number of carboxylic acid groups (broad SMARTS) is 1. The van der Waals surface area contributed by atoms with Crippen LogP contribution in [0.2, 0.25) is 0 Å². The van der Waals surface area contributed by atoms with Crippen molar-refractivity contribution in [2.75, 3.05) is 33.2 Å². The summed E-state index contributed by atoms with van der Waals surface area (Å²) in [5.41, 5.74) is 1.13. The molecule has 6 heteroatoms. The predicted molar refractivity (Wildman–Crippen MR) is 107 cm³/mol. The predicted octanol–water partition coefficient (Wildman–Crippen LogP) is 2.37. The van der Waals surface area contributed by atoms with E-state index in [9.17, 15) is 9.59 Å². The first-order chi connectivity index (χ1) is 12.9. The van der Waals surface area contributed by atoms with E-state index in [-0.39, 0.29) is 24.5 Å². The number of benzene rings is 1. The van der Waals surface area contributed by atoms with Gasteiger partial charge in [-0.15, -0.1) is 0 Å². The molecular formula is C21H33N3O3. The fraction of sp³-hybridized carbons (Fsp3) is 0.619. The monoisotopic (exact) mass is 375 g/mol. The molecule has 0 bridgehead atoms. The van der Waals surface area contributed by atoms with Gasteiger partial charge in [0.1, 0.15) is 0 Å². The maximum atomic E-state index is 12.6. The fourth-order valence-electron chi connectivity index (χ4n) is 3.80. The highest BCUT2D eigenvalue weighted by atomic mass is 16.4. The summed E-state index contributed by atoms with van der Waals surface area (Å²) in [5.74, 6) is -0.428. The van der Waals surface area contributed by atoms with Crippen LogP contribution in [0.1, 0.15) is 44.7 Å². The van der Waals surface area contributed by atoms with Gasteiger partial charge in [0.25, 0.3) is 0 Å². The van der Waals surface area contributed by atoms with E-state index in [2.05, 4.69) is 36.2 Å². The summed E-state index contributed by atoms with van der Waals surface area (Å²) in [5, 5.41) is 12.2. The number of hydrogen-bond donors (Lipinski definition) is 2. The average Bonchev–Trinajstić information content (AvgIpc) is 2.85. The quantitative estimate of drug-likeness (QED) is 0.730. The number of nitrogens with one attached hydrogen (secondary N) is 1. The lowest BCUT2D eigenvalue weighted by Gasteiger charge is -2.26. The lowest BCUT2D eigenvalue weighted by Crippen LogP contribution is -2.41. The highest BCUT2D eigenvalue weighted by Crippen LogP contribution is 2.21. The third-order valence-electron chi connectivity index (χ3n) is 5.31. The van der Waals surface area contributed by atoms with Crippen LogP contribution in [-0.4, -0.2) is 66.1 Å². The molecule has 2 N–H and O–H groups in total. The number of likely N-dealkylation sites (N-methyl/N-ethyl adjacent to an activating group) is 1. The first-order valence-corrected chi connectivity index (χ1v) is 9.85. The van der Waals surface area contributed by atoms with Crippen LogP contribution < -0.4 is 5.32 Å². The van der Waals surface area contributed by atoms with Gasteiger partial charge in [-0.1, -0.05) is 44.2 Å². The van der Waals surface area contributed by atoms with Crippen LogP contribution in [0.15, 0.2) is 30.3 Å². The average molecular weight is 376 g/mol. The first kappa shape index (κ1) is 21.4. The number of likely N-dealkylation sites (tertiary alicyclic amines) is 1. The van der Waals surface area contributed by atoms with Crippen molar-refractivity contribution >= 4 is 11.9 Å². The van der Waals surface area contributed by atoms with E-state index < -0.39 is 5.97 Å². The van der Waals surface area contributed by atoms with Gasteiger partial charge in [-0.05, 0) is 44.3 Å². The molecule has 0 radical (unpaired) electrons. The third kappa shape index (κ3) is 6.96. The van der Waals surface area contributed by atoms with E-state index in [1.165, 1.54) is 0 Å². The van der Waals surface area contributed by atoms with Gasteiger partial charge in [0.15, 0.2) is 0 Å². The molecule has 1 heterocycles. The summed E-state index contributed by atoms with van der Waals surface area (Å²) < 4.78 is 0. The van der Waals surface area contributed by atoms with E-state index in [1.807, 2.05) is 30.1 Å². The molecule has 1 aromatic carbocycles. The van der Waals surface area contributed by atoms with Gasteiger partial charge in [-0.3, -0.25) is 19.4 Å². The summed E-state index contributed by atoms with van der Waals surface area (Å²) in [6.45, 7) is 6.39. The number of carbonyl (C=O) groups is 2. The lowest BCUT2D eigenvalue weighted by molar-refractivity contribution is -0.138. The summed E-state index contributed by atoms with van der Waals surface area (Å²) in [6.07, 6.45) is 2.85. The normalized spacial score (nSPS) is 19.7. The van der Waals surface area contributed by atoms with Crippen LogP contribution in [0.4, 0.5) is 0 Å². The molecule has 0 saturated carbocycles. The van der Waals surface area contributed by atoms with Crippen LogP contribution in [0.3, 0.4) is 0 Å². The Morgan fingerprint density at radius 3 is 2.56 bits per heavy atom. The molecule has 1 amide bonds. The first-order valence-electron chi connectivity index (χ1n) is 9.85. The third-order valence-corrected chi connectivity index (χ3v) is 5.31. The molecule has 2 unspecified atom stereocenters. The van der Waals surface area contributed by atoms with Gasteiger partial charge < -0.3 is 10.4 Å². The second kappa shape index (κ2) is 10.4. The Labute approximate surface area is 162 Å². The number of aliphatic carboxylic acids is 1. The maximum Gasteiger partial charge on any atom is 0.317 e. The van der Waals surface area contributed by atoms with Crippen molar-refractivity contribution in [3.8, 4) is 0 Å². The molecule has 27 heavy (non-hydrogen) atoms. The van der Waals surface area contributed by atoms with Gasteiger partial charge in [0, 0.05) is 12.6 Å². The van der Waals surface area contributed by atoms with E-state index in [0.29, 0.717) is 12.5 Å². The zero-order valence-electron chi connectivity index (χ0n) is 16.7. The fourth-order valence-corrected chi connectivity index (χ4v) is 3.80. The molecule has 1 aromatic rings. The van der Waals surface area contributed by atoms with Crippen LogP contribution in [-0.2, 0) is 9.59 Å². The van der Waals surface area contributed by atoms with Crippen molar-refractivity contribution in [3.05, 3.63) is 35.9 Å². The van der Waals surface area contributed by atoms with Crippen molar-refractivity contribution < 1.29 is 14.7 Å².